The quantitative estimate of drug-likeness (QED) is 0.659. The first kappa shape index (κ1) is 20.1. The summed E-state index contributed by atoms with van der Waals surface area (Å²) in [6.45, 7) is 4.03. The summed E-state index contributed by atoms with van der Waals surface area (Å²) in [6.07, 6.45) is 0. The number of rotatable bonds is 5. The molecule has 2 aromatic carbocycles. The lowest BCUT2D eigenvalue weighted by Crippen LogP contribution is -2.15. The van der Waals surface area contributed by atoms with Crippen molar-refractivity contribution in [1.82, 2.24) is 9.78 Å². The lowest BCUT2D eigenvalue weighted by Gasteiger charge is -2.10. The van der Waals surface area contributed by atoms with E-state index < -0.39 is 11.9 Å². The van der Waals surface area contributed by atoms with Crippen molar-refractivity contribution >= 4 is 11.9 Å². The molecule has 0 bridgehead atoms. The first-order valence-corrected chi connectivity index (χ1v) is 9.07. The van der Waals surface area contributed by atoms with Gasteiger partial charge in [0.2, 0.25) is 0 Å². The molecule has 0 radical (unpaired) electrons. The van der Waals surface area contributed by atoms with Crippen molar-refractivity contribution in [3.05, 3.63) is 65.4 Å². The van der Waals surface area contributed by atoms with Gasteiger partial charge in [-0.05, 0) is 35.7 Å². The van der Waals surface area contributed by atoms with Crippen LogP contribution in [0.2, 0.25) is 0 Å². The normalized spacial score (nSPS) is 10.8. The Hall–Kier alpha value is -3.61. The summed E-state index contributed by atoms with van der Waals surface area (Å²) in [7, 11) is 2.44. The van der Waals surface area contributed by atoms with Crippen molar-refractivity contribution in [2.75, 3.05) is 14.2 Å². The summed E-state index contributed by atoms with van der Waals surface area (Å²) in [4.78, 5) is 25.3. The summed E-state index contributed by atoms with van der Waals surface area (Å²) in [6, 6.07) is 14.0. The average molecular weight is 394 g/mol. The summed E-state index contributed by atoms with van der Waals surface area (Å²) < 4.78 is 11.2. The van der Waals surface area contributed by atoms with Gasteiger partial charge >= 0.3 is 11.9 Å². The van der Waals surface area contributed by atoms with E-state index in [1.807, 2.05) is 19.9 Å². The van der Waals surface area contributed by atoms with Crippen LogP contribution in [-0.2, 0) is 9.47 Å². The van der Waals surface area contributed by atoms with Gasteiger partial charge in [-0.1, -0.05) is 38.1 Å². The molecule has 1 heterocycles. The van der Waals surface area contributed by atoms with Crippen LogP contribution in [0, 0.1) is 0 Å². The van der Waals surface area contributed by atoms with E-state index in [1.165, 1.54) is 18.9 Å². The third kappa shape index (κ3) is 3.71. The minimum Gasteiger partial charge on any atom is -0.507 e. The monoisotopic (exact) mass is 394 g/mol. The van der Waals surface area contributed by atoms with Crippen molar-refractivity contribution in [2.24, 2.45) is 0 Å². The Labute approximate surface area is 168 Å². The summed E-state index contributed by atoms with van der Waals surface area (Å²) >= 11 is 0. The molecule has 0 aliphatic heterocycles. The molecule has 150 valence electrons. The van der Waals surface area contributed by atoms with E-state index in [2.05, 4.69) is 5.10 Å². The van der Waals surface area contributed by atoms with Crippen LogP contribution in [0.4, 0.5) is 0 Å². The zero-order valence-electron chi connectivity index (χ0n) is 16.7. The minimum atomic E-state index is -0.753. The highest BCUT2D eigenvalue weighted by molar-refractivity contribution is 6.07. The molecule has 0 amide bonds. The molecule has 3 aromatic rings. The van der Waals surface area contributed by atoms with Crippen LogP contribution in [0.1, 0.15) is 46.2 Å². The van der Waals surface area contributed by atoms with Crippen molar-refractivity contribution < 1.29 is 24.2 Å². The van der Waals surface area contributed by atoms with Gasteiger partial charge in [0.1, 0.15) is 17.0 Å². The number of para-hydroxylation sites is 1. The van der Waals surface area contributed by atoms with Crippen molar-refractivity contribution in [2.45, 2.75) is 19.8 Å². The van der Waals surface area contributed by atoms with Gasteiger partial charge in [0, 0.05) is 5.56 Å². The number of hydrogen-bond donors (Lipinski definition) is 1. The molecule has 0 spiro atoms. The average Bonchev–Trinajstić information content (AvgIpc) is 3.13. The van der Waals surface area contributed by atoms with E-state index in [-0.39, 0.29) is 28.6 Å². The molecule has 0 aliphatic rings. The number of phenolic OH excluding ortho intramolecular Hbond substituents is 1. The number of nitrogens with zero attached hydrogens (tertiary/aromatic N) is 2. The Morgan fingerprint density at radius 1 is 1.00 bits per heavy atom. The molecule has 3 rings (SSSR count). The van der Waals surface area contributed by atoms with Crippen LogP contribution in [-0.4, -0.2) is 41.0 Å². The third-order valence-electron chi connectivity index (χ3n) is 4.60. The maximum absolute atomic E-state index is 12.7. The highest BCUT2D eigenvalue weighted by atomic mass is 16.5. The van der Waals surface area contributed by atoms with Crippen molar-refractivity contribution in [3.8, 4) is 22.7 Å². The predicted octanol–water partition coefficient (Wildman–Crippen LogP) is 3.94. The van der Waals surface area contributed by atoms with Crippen LogP contribution in [0.3, 0.4) is 0 Å². The predicted molar refractivity (Wildman–Crippen MR) is 107 cm³/mol. The SMILES string of the molecule is COC(=O)c1c(-c2cc(C(C)C)ccc2O)nn(-c2ccccc2)c1C(=O)OC. The Kier molecular flexibility index (Phi) is 5.68. The van der Waals surface area contributed by atoms with Crippen LogP contribution in [0.5, 0.6) is 5.75 Å². The second kappa shape index (κ2) is 8.18. The fourth-order valence-corrected chi connectivity index (χ4v) is 3.05. The number of aromatic hydroxyl groups is 1. The van der Waals surface area contributed by atoms with E-state index in [4.69, 9.17) is 9.47 Å². The summed E-state index contributed by atoms with van der Waals surface area (Å²) in [5.41, 5.74) is 1.83. The molecule has 29 heavy (non-hydrogen) atoms. The topological polar surface area (TPSA) is 90.6 Å². The number of methoxy groups -OCH3 is 2. The first-order valence-electron chi connectivity index (χ1n) is 9.07. The smallest absolute Gasteiger partial charge is 0.357 e. The number of aromatic nitrogens is 2. The summed E-state index contributed by atoms with van der Waals surface area (Å²) in [5.74, 6) is -1.37. The Bertz CT molecular complexity index is 1050. The molecule has 7 heteroatoms. The molecule has 0 fully saturated rings. The lowest BCUT2D eigenvalue weighted by atomic mass is 9.97. The largest absolute Gasteiger partial charge is 0.507 e. The molecule has 0 saturated carbocycles. The van der Waals surface area contributed by atoms with E-state index >= 15 is 0 Å². The molecular formula is C22H22N2O5. The minimum absolute atomic E-state index is 0.0614. The maximum atomic E-state index is 12.7. The van der Waals surface area contributed by atoms with Gasteiger partial charge in [-0.15, -0.1) is 0 Å². The molecule has 0 saturated heterocycles. The van der Waals surface area contributed by atoms with E-state index in [9.17, 15) is 14.7 Å². The molecule has 1 aromatic heterocycles. The van der Waals surface area contributed by atoms with Gasteiger partial charge in [0.25, 0.3) is 0 Å². The second-order valence-corrected chi connectivity index (χ2v) is 6.73. The molecule has 0 unspecified atom stereocenters. The van der Waals surface area contributed by atoms with Crippen LogP contribution in [0.25, 0.3) is 16.9 Å². The van der Waals surface area contributed by atoms with Crippen LogP contribution < -0.4 is 0 Å². The Morgan fingerprint density at radius 3 is 2.24 bits per heavy atom. The summed E-state index contributed by atoms with van der Waals surface area (Å²) in [5, 5.41) is 15.0. The zero-order valence-corrected chi connectivity index (χ0v) is 16.7. The highest BCUT2D eigenvalue weighted by Gasteiger charge is 2.32. The molecule has 0 atom stereocenters. The first-order chi connectivity index (χ1) is 13.9. The zero-order chi connectivity index (χ0) is 21.1. The number of ether oxygens (including phenoxy) is 2. The van der Waals surface area contributed by atoms with Gasteiger partial charge in [0.15, 0.2) is 5.69 Å². The van der Waals surface area contributed by atoms with Crippen LogP contribution >= 0.6 is 0 Å². The third-order valence-corrected chi connectivity index (χ3v) is 4.60. The fourth-order valence-electron chi connectivity index (χ4n) is 3.05. The van der Waals surface area contributed by atoms with Crippen molar-refractivity contribution in [3.63, 3.8) is 0 Å². The van der Waals surface area contributed by atoms with Gasteiger partial charge in [0.05, 0.1) is 19.9 Å². The number of hydrogen-bond acceptors (Lipinski definition) is 6. The number of esters is 2. The van der Waals surface area contributed by atoms with Gasteiger partial charge in [-0.2, -0.15) is 5.10 Å². The van der Waals surface area contributed by atoms with E-state index in [0.717, 1.165) is 5.56 Å². The fraction of sp³-hybridized carbons (Fsp3) is 0.227. The molecule has 1 N–H and O–H groups in total. The van der Waals surface area contributed by atoms with Gasteiger partial charge in [-0.3, -0.25) is 0 Å². The van der Waals surface area contributed by atoms with Gasteiger partial charge < -0.3 is 14.6 Å². The number of carbonyl (C=O) groups excluding carboxylic acids is 2. The highest BCUT2D eigenvalue weighted by Crippen LogP contribution is 2.36. The number of carbonyl (C=O) groups is 2. The number of phenols is 1. The van der Waals surface area contributed by atoms with Crippen molar-refractivity contribution in [1.29, 1.82) is 0 Å². The Morgan fingerprint density at radius 2 is 1.66 bits per heavy atom. The Balaban J connectivity index is 2.39. The van der Waals surface area contributed by atoms with Gasteiger partial charge in [-0.25, -0.2) is 14.3 Å². The molecule has 7 nitrogen and oxygen atoms in total. The van der Waals surface area contributed by atoms with E-state index in [1.54, 1.807) is 42.5 Å². The maximum Gasteiger partial charge on any atom is 0.357 e. The van der Waals surface area contributed by atoms with Crippen LogP contribution in [0.15, 0.2) is 48.5 Å². The van der Waals surface area contributed by atoms with E-state index in [0.29, 0.717) is 11.3 Å². The standard InChI is InChI=1S/C22H22N2O5/c1-13(2)14-10-11-17(25)16(12-14)19-18(21(26)28-3)20(22(27)29-4)24(23-19)15-8-6-5-7-9-15/h5-13,25H,1-4H3. The number of benzene rings is 2. The molecular weight excluding hydrogens is 372 g/mol. The lowest BCUT2D eigenvalue weighted by molar-refractivity contribution is 0.0549. The molecule has 0 aliphatic carbocycles. The second-order valence-electron chi connectivity index (χ2n) is 6.73.